The van der Waals surface area contributed by atoms with Gasteiger partial charge in [0, 0.05) is 27.5 Å². The van der Waals surface area contributed by atoms with Crippen LogP contribution >= 0.6 is 27.3 Å². The van der Waals surface area contributed by atoms with Gasteiger partial charge >= 0.3 is 0 Å². The highest BCUT2D eigenvalue weighted by Gasteiger charge is 2.20. The molecule has 29 heavy (non-hydrogen) atoms. The Balaban J connectivity index is 1.79. The number of carbonyl (C=O) groups excluding carboxylic acids is 1. The Morgan fingerprint density at radius 3 is 2.52 bits per heavy atom. The van der Waals surface area contributed by atoms with Crippen LogP contribution in [0.1, 0.15) is 31.9 Å². The molecular weight excluding hydrogens is 474 g/mol. The van der Waals surface area contributed by atoms with Gasteiger partial charge in [0.1, 0.15) is 0 Å². The number of aromatic nitrogens is 1. The van der Waals surface area contributed by atoms with Gasteiger partial charge < -0.3 is 0 Å². The molecule has 0 aliphatic rings. The van der Waals surface area contributed by atoms with Crippen LogP contribution in [-0.4, -0.2) is 26.4 Å². The van der Waals surface area contributed by atoms with Gasteiger partial charge in [-0.1, -0.05) is 28.1 Å². The van der Waals surface area contributed by atoms with Gasteiger partial charge in [0.15, 0.2) is 5.13 Å². The van der Waals surface area contributed by atoms with Crippen LogP contribution in [-0.2, 0) is 16.4 Å². The van der Waals surface area contributed by atoms with Crippen molar-refractivity contribution < 1.29 is 13.2 Å². The summed E-state index contributed by atoms with van der Waals surface area (Å²) in [5.41, 5.74) is 2.75. The first kappa shape index (κ1) is 21.6. The standard InChI is InChI=1S/C20H20BrN3O3S2/c1-12-8-15(10-18(13(12)2)29(26,27)22-3)19(25)24-20-23-11-17(28-20)9-14-4-6-16(21)7-5-14/h4-8,10-11,22H,9H2,1-3H3,(H,23,24,25). The predicted octanol–water partition coefficient (Wildman–Crippen LogP) is 4.27. The molecule has 0 bridgehead atoms. The van der Waals surface area contributed by atoms with Gasteiger partial charge in [0.2, 0.25) is 10.0 Å². The maximum atomic E-state index is 12.7. The molecule has 1 amide bonds. The third kappa shape index (κ3) is 5.11. The highest BCUT2D eigenvalue weighted by atomic mass is 79.9. The van der Waals surface area contributed by atoms with E-state index in [9.17, 15) is 13.2 Å². The lowest BCUT2D eigenvalue weighted by atomic mass is 10.1. The van der Waals surface area contributed by atoms with Crippen LogP contribution in [0.3, 0.4) is 0 Å². The van der Waals surface area contributed by atoms with E-state index in [0.717, 1.165) is 26.9 Å². The third-order valence-corrected chi connectivity index (χ3v) is 7.49. The van der Waals surface area contributed by atoms with Gasteiger partial charge in [-0.15, -0.1) is 11.3 Å². The first-order valence-electron chi connectivity index (χ1n) is 8.75. The lowest BCUT2D eigenvalue weighted by Crippen LogP contribution is -2.21. The Labute approximate surface area is 182 Å². The zero-order chi connectivity index (χ0) is 21.2. The first-order valence-corrected chi connectivity index (χ1v) is 11.8. The quantitative estimate of drug-likeness (QED) is 0.536. The number of carbonyl (C=O) groups is 1. The average Bonchev–Trinajstić information content (AvgIpc) is 3.12. The maximum absolute atomic E-state index is 12.7. The number of thiazole rings is 1. The van der Waals surface area contributed by atoms with Crippen LogP contribution in [0.4, 0.5) is 5.13 Å². The van der Waals surface area contributed by atoms with Gasteiger partial charge in [0.25, 0.3) is 5.91 Å². The Morgan fingerprint density at radius 2 is 1.86 bits per heavy atom. The number of nitrogens with zero attached hydrogens (tertiary/aromatic N) is 1. The van der Waals surface area contributed by atoms with Gasteiger partial charge in [-0.3, -0.25) is 10.1 Å². The van der Waals surface area contributed by atoms with Crippen molar-refractivity contribution in [2.75, 3.05) is 12.4 Å². The monoisotopic (exact) mass is 493 g/mol. The molecule has 1 aromatic heterocycles. The molecule has 9 heteroatoms. The molecule has 3 rings (SSSR count). The first-order chi connectivity index (χ1) is 13.7. The molecule has 1 heterocycles. The smallest absolute Gasteiger partial charge is 0.257 e. The Hall–Kier alpha value is -2.07. The lowest BCUT2D eigenvalue weighted by molar-refractivity contribution is 0.102. The summed E-state index contributed by atoms with van der Waals surface area (Å²) in [6.07, 6.45) is 2.45. The number of sulfonamides is 1. The SMILES string of the molecule is CNS(=O)(=O)c1cc(C(=O)Nc2ncc(Cc3ccc(Br)cc3)s2)cc(C)c1C. The van der Waals surface area contributed by atoms with E-state index in [1.165, 1.54) is 24.5 Å². The van der Waals surface area contributed by atoms with Crippen LogP contribution in [0.15, 0.2) is 52.0 Å². The predicted molar refractivity (Wildman–Crippen MR) is 119 cm³/mol. The highest BCUT2D eigenvalue weighted by molar-refractivity contribution is 9.10. The molecule has 6 nitrogen and oxygen atoms in total. The summed E-state index contributed by atoms with van der Waals surface area (Å²) in [7, 11) is -2.31. The van der Waals surface area contributed by atoms with Crippen molar-refractivity contribution in [2.45, 2.75) is 25.2 Å². The summed E-state index contributed by atoms with van der Waals surface area (Å²) < 4.78 is 27.8. The average molecular weight is 494 g/mol. The number of aryl methyl sites for hydroxylation is 1. The minimum Gasteiger partial charge on any atom is -0.298 e. The molecule has 0 saturated carbocycles. The molecule has 0 radical (unpaired) electrons. The summed E-state index contributed by atoms with van der Waals surface area (Å²) in [6, 6.07) is 11.1. The fraction of sp³-hybridized carbons (Fsp3) is 0.200. The summed E-state index contributed by atoms with van der Waals surface area (Å²) >= 11 is 4.81. The normalized spacial score (nSPS) is 11.4. The van der Waals surface area contributed by atoms with Crippen molar-refractivity contribution in [1.29, 1.82) is 0 Å². The summed E-state index contributed by atoms with van der Waals surface area (Å²) in [4.78, 5) is 18.1. The van der Waals surface area contributed by atoms with Crippen LogP contribution in [0.2, 0.25) is 0 Å². The van der Waals surface area contributed by atoms with E-state index < -0.39 is 15.9 Å². The number of hydrogen-bond acceptors (Lipinski definition) is 5. The van der Waals surface area contributed by atoms with Crippen molar-refractivity contribution in [3.05, 3.63) is 74.2 Å². The van der Waals surface area contributed by atoms with Crippen molar-refractivity contribution in [3.63, 3.8) is 0 Å². The van der Waals surface area contributed by atoms with Crippen molar-refractivity contribution >= 4 is 48.3 Å². The van der Waals surface area contributed by atoms with Crippen molar-refractivity contribution in [1.82, 2.24) is 9.71 Å². The third-order valence-electron chi connectivity index (χ3n) is 4.51. The van der Waals surface area contributed by atoms with Crippen molar-refractivity contribution in [2.24, 2.45) is 0 Å². The molecule has 0 atom stereocenters. The Kier molecular flexibility index (Phi) is 6.52. The number of hydrogen-bond donors (Lipinski definition) is 2. The second-order valence-corrected chi connectivity index (χ2v) is 10.4. The molecular formula is C20H20BrN3O3S2. The number of rotatable bonds is 6. The number of halogens is 1. The molecule has 152 valence electrons. The second-order valence-electron chi connectivity index (χ2n) is 6.51. The summed E-state index contributed by atoms with van der Waals surface area (Å²) in [5.74, 6) is -0.398. The van der Waals surface area contributed by atoms with E-state index in [2.05, 4.69) is 31.0 Å². The summed E-state index contributed by atoms with van der Waals surface area (Å²) in [6.45, 7) is 3.50. The molecule has 0 aliphatic heterocycles. The van der Waals surface area contributed by atoms with Gasteiger partial charge in [0.05, 0.1) is 4.90 Å². The zero-order valence-electron chi connectivity index (χ0n) is 16.1. The highest BCUT2D eigenvalue weighted by Crippen LogP contribution is 2.25. The van der Waals surface area contributed by atoms with E-state index in [4.69, 9.17) is 0 Å². The summed E-state index contributed by atoms with van der Waals surface area (Å²) in [5, 5.41) is 3.23. The van der Waals surface area contributed by atoms with Crippen LogP contribution in [0.5, 0.6) is 0 Å². The Bertz CT molecular complexity index is 1160. The maximum Gasteiger partial charge on any atom is 0.257 e. The van der Waals surface area contributed by atoms with E-state index in [-0.39, 0.29) is 10.5 Å². The molecule has 0 saturated heterocycles. The Morgan fingerprint density at radius 1 is 1.17 bits per heavy atom. The van der Waals surface area contributed by atoms with Crippen LogP contribution in [0.25, 0.3) is 0 Å². The fourth-order valence-corrected chi connectivity index (χ4v) is 4.94. The van der Waals surface area contributed by atoms with Gasteiger partial charge in [-0.25, -0.2) is 18.1 Å². The minimum atomic E-state index is -3.66. The topological polar surface area (TPSA) is 88.2 Å². The molecule has 2 aromatic carbocycles. The number of benzene rings is 2. The van der Waals surface area contributed by atoms with Crippen molar-refractivity contribution in [3.8, 4) is 0 Å². The number of anilines is 1. The molecule has 0 spiro atoms. The van der Waals surface area contributed by atoms with Gasteiger partial charge in [-0.2, -0.15) is 0 Å². The second kappa shape index (κ2) is 8.74. The van der Waals surface area contributed by atoms with E-state index >= 15 is 0 Å². The molecule has 0 unspecified atom stereocenters. The van der Waals surface area contributed by atoms with Crippen LogP contribution in [0, 0.1) is 13.8 Å². The minimum absolute atomic E-state index is 0.0974. The van der Waals surface area contributed by atoms with E-state index in [0.29, 0.717) is 10.7 Å². The molecule has 3 aromatic rings. The molecule has 2 N–H and O–H groups in total. The molecule has 0 fully saturated rings. The number of nitrogens with one attached hydrogen (secondary N) is 2. The molecule has 0 aliphatic carbocycles. The fourth-order valence-electron chi connectivity index (χ4n) is 2.77. The van der Waals surface area contributed by atoms with E-state index in [1.54, 1.807) is 26.1 Å². The lowest BCUT2D eigenvalue weighted by Gasteiger charge is -2.12. The van der Waals surface area contributed by atoms with E-state index in [1.807, 2.05) is 24.3 Å². The van der Waals surface area contributed by atoms with Gasteiger partial charge in [-0.05, 0) is 61.9 Å². The number of amides is 1. The zero-order valence-corrected chi connectivity index (χ0v) is 19.3. The van der Waals surface area contributed by atoms with Crippen LogP contribution < -0.4 is 10.0 Å². The largest absolute Gasteiger partial charge is 0.298 e.